The topological polar surface area (TPSA) is 137 Å². The van der Waals surface area contributed by atoms with Gasteiger partial charge in [0, 0.05) is 17.7 Å². The molecule has 1 aliphatic heterocycles. The number of nitrogens with two attached hydrogens (primary N) is 1. The van der Waals surface area contributed by atoms with E-state index in [2.05, 4.69) is 19.5 Å². The summed E-state index contributed by atoms with van der Waals surface area (Å²) in [7, 11) is -4.06. The summed E-state index contributed by atoms with van der Waals surface area (Å²) >= 11 is 0. The first kappa shape index (κ1) is 17.0. The Kier molecular flexibility index (Phi) is 4.97. The second-order valence-electron chi connectivity index (χ2n) is 5.22. The summed E-state index contributed by atoms with van der Waals surface area (Å²) in [5.74, 6) is 1.24. The molecule has 2 rings (SSSR count). The number of nitrogens with zero attached hydrogens (tertiary/aromatic N) is 2. The number of hydrogen-bond donors (Lipinski definition) is 3. The summed E-state index contributed by atoms with van der Waals surface area (Å²) < 4.78 is 31.5. The molecule has 22 heavy (non-hydrogen) atoms. The van der Waals surface area contributed by atoms with Crippen LogP contribution in [-0.2, 0) is 19.2 Å². The van der Waals surface area contributed by atoms with Gasteiger partial charge in [0.2, 0.25) is 0 Å². The third kappa shape index (κ3) is 4.34. The van der Waals surface area contributed by atoms with Crippen LogP contribution >= 0.6 is 0 Å². The van der Waals surface area contributed by atoms with Crippen LogP contribution in [0.4, 0.5) is 5.82 Å². The molecule has 0 spiro atoms. The molecule has 0 aromatic carbocycles. The molecular weight excluding hydrogens is 312 g/mol. The Morgan fingerprint density at radius 2 is 2.09 bits per heavy atom. The van der Waals surface area contributed by atoms with E-state index >= 15 is 0 Å². The maximum Gasteiger partial charge on any atom is 0.333 e. The van der Waals surface area contributed by atoms with Gasteiger partial charge in [-0.3, -0.25) is 4.18 Å². The van der Waals surface area contributed by atoms with Crippen LogP contribution in [0.25, 0.3) is 0 Å². The highest BCUT2D eigenvalue weighted by atomic mass is 32.2. The molecule has 0 amide bonds. The van der Waals surface area contributed by atoms with Gasteiger partial charge in [-0.1, -0.05) is 0 Å². The molecule has 4 N–H and O–H groups in total. The van der Waals surface area contributed by atoms with Crippen molar-refractivity contribution in [1.82, 2.24) is 9.97 Å². The summed E-state index contributed by atoms with van der Waals surface area (Å²) in [6.07, 6.45) is -1.86. The molecule has 1 aliphatic rings. The highest BCUT2D eigenvalue weighted by Gasteiger charge is 2.35. The standard InChI is InChI=1S/C12H20N4O5S/c1-6-7(2)14-8(3)15-12(6)16-11-4-9(17)10(21-11)5-20-22(13,18)19/h9-11,17H,4-5H2,1-3H3,(H2,13,18,19)(H,14,15,16)/t9-,10+,11+/m0/s1. The van der Waals surface area contributed by atoms with Crippen LogP contribution in [0.5, 0.6) is 0 Å². The molecule has 1 aromatic rings. The van der Waals surface area contributed by atoms with E-state index in [1.807, 2.05) is 13.8 Å². The highest BCUT2D eigenvalue weighted by molar-refractivity contribution is 7.84. The number of anilines is 1. The van der Waals surface area contributed by atoms with E-state index < -0.39 is 28.7 Å². The van der Waals surface area contributed by atoms with Crippen LogP contribution in [0, 0.1) is 20.8 Å². The Labute approximate surface area is 129 Å². The van der Waals surface area contributed by atoms with Crippen LogP contribution in [0.1, 0.15) is 23.5 Å². The lowest BCUT2D eigenvalue weighted by molar-refractivity contribution is -0.00734. The molecule has 3 atom stereocenters. The zero-order chi connectivity index (χ0) is 16.5. The van der Waals surface area contributed by atoms with Crippen LogP contribution in [0.3, 0.4) is 0 Å². The van der Waals surface area contributed by atoms with Crippen molar-refractivity contribution < 1.29 is 22.4 Å². The van der Waals surface area contributed by atoms with Crippen LogP contribution < -0.4 is 10.5 Å². The fraction of sp³-hybridized carbons (Fsp3) is 0.667. The monoisotopic (exact) mass is 332 g/mol. The summed E-state index contributed by atoms with van der Waals surface area (Å²) in [6, 6.07) is 0. The van der Waals surface area contributed by atoms with Gasteiger partial charge >= 0.3 is 10.3 Å². The minimum Gasteiger partial charge on any atom is -0.390 e. The van der Waals surface area contributed by atoms with Gasteiger partial charge in [0.25, 0.3) is 0 Å². The smallest absolute Gasteiger partial charge is 0.333 e. The van der Waals surface area contributed by atoms with E-state index in [1.165, 1.54) is 0 Å². The lowest BCUT2D eigenvalue weighted by Gasteiger charge is -2.17. The molecule has 1 fully saturated rings. The number of rotatable bonds is 5. The quantitative estimate of drug-likeness (QED) is 0.657. The molecule has 124 valence electrons. The number of nitrogens with one attached hydrogen (secondary N) is 1. The summed E-state index contributed by atoms with van der Waals surface area (Å²) in [6.45, 7) is 5.20. The van der Waals surface area contributed by atoms with Crippen molar-refractivity contribution in [1.29, 1.82) is 0 Å². The molecule has 1 aromatic heterocycles. The average Bonchev–Trinajstić information content (AvgIpc) is 2.72. The van der Waals surface area contributed by atoms with Crippen LogP contribution in [-0.4, -0.2) is 48.5 Å². The molecule has 2 heterocycles. The fourth-order valence-corrected chi connectivity index (χ4v) is 2.52. The number of aryl methyl sites for hydroxylation is 2. The Morgan fingerprint density at radius 3 is 2.73 bits per heavy atom. The van der Waals surface area contributed by atoms with Gasteiger partial charge in [0.05, 0.1) is 12.7 Å². The number of ether oxygens (including phenoxy) is 1. The van der Waals surface area contributed by atoms with Crippen molar-refractivity contribution >= 4 is 16.1 Å². The van der Waals surface area contributed by atoms with Crippen molar-refractivity contribution in [2.24, 2.45) is 5.14 Å². The largest absolute Gasteiger partial charge is 0.390 e. The lowest BCUT2D eigenvalue weighted by Crippen LogP contribution is -2.30. The molecule has 0 radical (unpaired) electrons. The summed E-state index contributed by atoms with van der Waals surface area (Å²) in [5.41, 5.74) is 1.73. The van der Waals surface area contributed by atoms with E-state index in [9.17, 15) is 13.5 Å². The predicted octanol–water partition coefficient (Wildman–Crippen LogP) is -0.490. The van der Waals surface area contributed by atoms with E-state index in [0.29, 0.717) is 11.6 Å². The molecule has 0 aliphatic carbocycles. The van der Waals surface area contributed by atoms with Gasteiger partial charge in [-0.2, -0.15) is 8.42 Å². The van der Waals surface area contributed by atoms with Gasteiger partial charge in [-0.15, -0.1) is 0 Å². The van der Waals surface area contributed by atoms with E-state index in [4.69, 9.17) is 9.88 Å². The maximum atomic E-state index is 10.8. The fourth-order valence-electron chi connectivity index (χ4n) is 2.20. The second kappa shape index (κ2) is 6.42. The first-order valence-corrected chi connectivity index (χ1v) is 8.22. The maximum absolute atomic E-state index is 10.8. The van der Waals surface area contributed by atoms with Gasteiger partial charge < -0.3 is 15.2 Å². The second-order valence-corrected chi connectivity index (χ2v) is 6.44. The number of aliphatic hydroxyl groups is 1. The van der Waals surface area contributed by atoms with Crippen molar-refractivity contribution in [2.45, 2.75) is 45.6 Å². The van der Waals surface area contributed by atoms with E-state index in [0.717, 1.165) is 11.3 Å². The molecule has 10 heteroatoms. The van der Waals surface area contributed by atoms with Crippen molar-refractivity contribution in [3.05, 3.63) is 17.1 Å². The van der Waals surface area contributed by atoms with E-state index in [-0.39, 0.29) is 13.0 Å². The minimum atomic E-state index is -4.06. The van der Waals surface area contributed by atoms with Crippen molar-refractivity contribution in [2.75, 3.05) is 11.9 Å². The summed E-state index contributed by atoms with van der Waals surface area (Å²) in [5, 5.41) is 17.7. The Morgan fingerprint density at radius 1 is 1.41 bits per heavy atom. The lowest BCUT2D eigenvalue weighted by atomic mass is 10.2. The zero-order valence-corrected chi connectivity index (χ0v) is 13.4. The SMILES string of the molecule is Cc1nc(C)c(C)c(N[C@H]2C[C@H](O)[C@@H](COS(N)(=O)=O)O2)n1. The molecule has 9 nitrogen and oxygen atoms in total. The number of aliphatic hydroxyl groups excluding tert-OH is 1. The van der Waals surface area contributed by atoms with Crippen molar-refractivity contribution in [3.63, 3.8) is 0 Å². The minimum absolute atomic E-state index is 0.278. The Hall–Kier alpha value is -1.33. The van der Waals surface area contributed by atoms with E-state index in [1.54, 1.807) is 6.92 Å². The van der Waals surface area contributed by atoms with Crippen LogP contribution in [0.2, 0.25) is 0 Å². The van der Waals surface area contributed by atoms with Crippen molar-refractivity contribution in [3.8, 4) is 0 Å². The third-order valence-electron chi connectivity index (χ3n) is 3.42. The normalized spacial score (nSPS) is 25.4. The molecule has 0 saturated carbocycles. The number of aromatic nitrogens is 2. The van der Waals surface area contributed by atoms with Gasteiger partial charge in [-0.05, 0) is 20.8 Å². The molecule has 0 unspecified atom stereocenters. The highest BCUT2D eigenvalue weighted by Crippen LogP contribution is 2.24. The summed E-state index contributed by atoms with van der Waals surface area (Å²) in [4.78, 5) is 8.55. The predicted molar refractivity (Wildman–Crippen MR) is 78.2 cm³/mol. The first-order valence-electron chi connectivity index (χ1n) is 6.75. The first-order chi connectivity index (χ1) is 10.2. The third-order valence-corrected chi connectivity index (χ3v) is 3.88. The molecule has 0 bridgehead atoms. The van der Waals surface area contributed by atoms with Gasteiger partial charge in [-0.25, -0.2) is 15.1 Å². The zero-order valence-electron chi connectivity index (χ0n) is 12.6. The Bertz CT molecular complexity index is 651. The molecule has 1 saturated heterocycles. The number of hydrogen-bond acceptors (Lipinski definition) is 8. The molecular formula is C12H20N4O5S. The van der Waals surface area contributed by atoms with Gasteiger partial charge in [0.15, 0.2) is 0 Å². The van der Waals surface area contributed by atoms with Crippen LogP contribution in [0.15, 0.2) is 0 Å². The van der Waals surface area contributed by atoms with Gasteiger partial charge in [0.1, 0.15) is 24.0 Å². The average molecular weight is 332 g/mol. The Balaban J connectivity index is 2.01.